The maximum Gasteiger partial charge on any atom is 0.192 e. The summed E-state index contributed by atoms with van der Waals surface area (Å²) in [5.74, 6) is 0.842. The van der Waals surface area contributed by atoms with E-state index in [0.29, 0.717) is 6.61 Å². The number of hydrogen-bond donors (Lipinski definition) is 0. The molecule has 0 fully saturated rings. The van der Waals surface area contributed by atoms with E-state index in [0.717, 1.165) is 36.8 Å². The van der Waals surface area contributed by atoms with E-state index in [-0.39, 0.29) is 30.1 Å². The van der Waals surface area contributed by atoms with Crippen LogP contribution in [-0.2, 0) is 25.2 Å². The number of hydrogen-bond acceptors (Lipinski definition) is 5. The molecule has 8 heteroatoms. The second-order valence-corrected chi connectivity index (χ2v) is 23.1. The summed E-state index contributed by atoms with van der Waals surface area (Å²) in [6, 6.07) is 9.10. The molecule has 36 heavy (non-hydrogen) atoms. The first-order chi connectivity index (χ1) is 16.7. The van der Waals surface area contributed by atoms with Gasteiger partial charge in [0.15, 0.2) is 8.32 Å². The van der Waals surface area contributed by atoms with E-state index in [2.05, 4.69) is 82.4 Å². The number of rotatable bonds is 17. The van der Waals surface area contributed by atoms with Gasteiger partial charge in [0.25, 0.3) is 0 Å². The fourth-order valence-corrected chi connectivity index (χ4v) is 5.62. The zero-order chi connectivity index (χ0) is 27.4. The highest BCUT2D eigenvalue weighted by Gasteiger charge is 2.39. The van der Waals surface area contributed by atoms with Gasteiger partial charge in [-0.1, -0.05) is 74.6 Å². The van der Waals surface area contributed by atoms with Gasteiger partial charge in [0.2, 0.25) is 0 Å². The van der Waals surface area contributed by atoms with Crippen molar-refractivity contribution < 1.29 is 23.4 Å². The molecule has 0 bridgehead atoms. The molecule has 0 saturated carbocycles. The van der Waals surface area contributed by atoms with Crippen LogP contribution in [0.5, 0.6) is 5.75 Å². The Morgan fingerprint density at radius 3 is 2.17 bits per heavy atom. The Balaban J connectivity index is 2.91. The van der Waals surface area contributed by atoms with Crippen molar-refractivity contribution in [3.8, 4) is 5.75 Å². The fraction of sp³-hybridized carbons (Fsp3) is 0.714. The molecule has 0 spiro atoms. The van der Waals surface area contributed by atoms with Crippen molar-refractivity contribution in [2.45, 2.75) is 109 Å². The van der Waals surface area contributed by atoms with Crippen LogP contribution in [0.15, 0.2) is 35.3 Å². The molecule has 1 aromatic rings. The van der Waals surface area contributed by atoms with Crippen molar-refractivity contribution in [3.63, 3.8) is 0 Å². The Labute approximate surface area is 231 Å². The lowest BCUT2D eigenvalue weighted by molar-refractivity contribution is -0.143. The molecular weight excluding hydrogens is 552 g/mol. The summed E-state index contributed by atoms with van der Waals surface area (Å²) in [6.45, 7) is 22.1. The molecule has 0 heterocycles. The van der Waals surface area contributed by atoms with Crippen LogP contribution in [-0.4, -0.2) is 55.2 Å². The summed E-state index contributed by atoms with van der Waals surface area (Å²) in [7, 11) is -1.41. The van der Waals surface area contributed by atoms with Gasteiger partial charge in [0.1, 0.15) is 12.5 Å². The monoisotopic (exact) mass is 602 g/mol. The minimum atomic E-state index is -1.95. The molecule has 0 N–H and O–H groups in total. The Hall–Kier alpha value is -0.486. The first kappa shape index (κ1) is 33.5. The first-order valence-electron chi connectivity index (χ1n) is 13.1. The third-order valence-electron chi connectivity index (χ3n) is 6.81. The molecular formula is C28H51BrO5Si2. The topological polar surface area (TPSA) is 46.2 Å². The molecule has 0 radical (unpaired) electrons. The van der Waals surface area contributed by atoms with Crippen LogP contribution >= 0.6 is 15.9 Å². The van der Waals surface area contributed by atoms with Gasteiger partial charge in [0.05, 0.1) is 32.0 Å². The third-order valence-corrected chi connectivity index (χ3v) is 13.4. The van der Waals surface area contributed by atoms with Crippen LogP contribution in [0.2, 0.25) is 43.8 Å². The third kappa shape index (κ3) is 13.4. The highest BCUT2D eigenvalue weighted by molar-refractivity contribution is 9.11. The molecule has 0 aliphatic heterocycles. The van der Waals surface area contributed by atoms with Crippen LogP contribution < -0.4 is 4.74 Å². The van der Waals surface area contributed by atoms with Gasteiger partial charge in [-0.25, -0.2) is 0 Å². The van der Waals surface area contributed by atoms with Crippen molar-refractivity contribution in [1.29, 1.82) is 0 Å². The molecule has 0 aromatic heterocycles. The van der Waals surface area contributed by atoms with E-state index in [9.17, 15) is 0 Å². The molecule has 0 saturated heterocycles. The van der Waals surface area contributed by atoms with Gasteiger partial charge in [-0.05, 0) is 60.2 Å². The Morgan fingerprint density at radius 2 is 1.64 bits per heavy atom. The first-order valence-corrected chi connectivity index (χ1v) is 20.6. The molecule has 1 aromatic carbocycles. The van der Waals surface area contributed by atoms with E-state index < -0.39 is 16.4 Å². The summed E-state index contributed by atoms with van der Waals surface area (Å²) < 4.78 is 30.6. The largest absolute Gasteiger partial charge is 0.497 e. The standard InChI is InChI=1S/C28H51BrO5Si2/c1-23(32-21-24-13-15-25(30-5)16-14-24)27(33-22-31-18-19-35(6,7)8)20-26(12-11-17-29)34-36(9,10)28(2,3)4/h11,13-17,23,26-27H,12,18-22H2,1-10H3/b17-11+/t23-,26+,27-/m1/s1. The van der Waals surface area contributed by atoms with E-state index in [1.54, 1.807) is 7.11 Å². The average molecular weight is 604 g/mol. The second kappa shape index (κ2) is 15.8. The fourth-order valence-electron chi connectivity index (χ4n) is 3.27. The summed E-state index contributed by atoms with van der Waals surface area (Å²) in [5.41, 5.74) is 1.10. The normalized spacial score (nSPS) is 15.8. The van der Waals surface area contributed by atoms with Crippen LogP contribution in [0.1, 0.15) is 46.1 Å². The van der Waals surface area contributed by atoms with Crippen LogP contribution in [0, 0.1) is 0 Å². The van der Waals surface area contributed by atoms with E-state index in [1.807, 2.05) is 29.3 Å². The van der Waals surface area contributed by atoms with Gasteiger partial charge in [0, 0.05) is 21.1 Å². The van der Waals surface area contributed by atoms with Crippen LogP contribution in [0.4, 0.5) is 0 Å². The minimum absolute atomic E-state index is 0.0405. The molecule has 0 unspecified atom stereocenters. The van der Waals surface area contributed by atoms with Crippen LogP contribution in [0.25, 0.3) is 0 Å². The minimum Gasteiger partial charge on any atom is -0.497 e. The van der Waals surface area contributed by atoms with E-state index >= 15 is 0 Å². The number of methoxy groups -OCH3 is 1. The quantitative estimate of drug-likeness (QED) is 0.102. The second-order valence-electron chi connectivity index (χ2n) is 12.2. The van der Waals surface area contributed by atoms with Crippen molar-refractivity contribution in [2.75, 3.05) is 20.5 Å². The summed E-state index contributed by atoms with van der Waals surface area (Å²) >= 11 is 3.42. The molecule has 5 nitrogen and oxygen atoms in total. The predicted molar refractivity (Wildman–Crippen MR) is 160 cm³/mol. The molecule has 208 valence electrons. The summed E-state index contributed by atoms with van der Waals surface area (Å²) in [6.07, 6.45) is 3.45. The van der Waals surface area contributed by atoms with Gasteiger partial charge in [-0.2, -0.15) is 0 Å². The molecule has 1 rings (SSSR count). The van der Waals surface area contributed by atoms with Gasteiger partial charge in [-0.15, -0.1) is 0 Å². The molecule has 0 aliphatic carbocycles. The smallest absolute Gasteiger partial charge is 0.192 e. The predicted octanol–water partition coefficient (Wildman–Crippen LogP) is 8.38. The zero-order valence-corrected chi connectivity index (χ0v) is 27.9. The Kier molecular flexibility index (Phi) is 14.7. The number of halogens is 1. The Morgan fingerprint density at radius 1 is 1.00 bits per heavy atom. The SMILES string of the molecule is COc1ccc(CO[C@H](C)[C@@H](C[C@H](C/C=C/Br)O[Si](C)(C)C(C)(C)C)OCOCC[Si](C)(C)C)cc1. The summed E-state index contributed by atoms with van der Waals surface area (Å²) in [5, 5.41) is 0.135. The highest BCUT2D eigenvalue weighted by Crippen LogP contribution is 2.38. The van der Waals surface area contributed by atoms with Crippen LogP contribution in [0.3, 0.4) is 0 Å². The van der Waals surface area contributed by atoms with Gasteiger partial charge >= 0.3 is 0 Å². The van der Waals surface area contributed by atoms with Gasteiger partial charge in [-0.3, -0.25) is 0 Å². The van der Waals surface area contributed by atoms with Crippen molar-refractivity contribution in [2.24, 2.45) is 0 Å². The van der Waals surface area contributed by atoms with Gasteiger partial charge < -0.3 is 23.4 Å². The summed E-state index contributed by atoms with van der Waals surface area (Å²) in [4.78, 5) is 1.91. The highest BCUT2D eigenvalue weighted by atomic mass is 79.9. The lowest BCUT2D eigenvalue weighted by Crippen LogP contribution is -2.45. The number of benzene rings is 1. The molecule has 0 aliphatic rings. The Bertz CT molecular complexity index is 757. The molecule has 3 atom stereocenters. The molecule has 0 amide bonds. The lowest BCUT2D eigenvalue weighted by atomic mass is 10.0. The average Bonchev–Trinajstić information content (AvgIpc) is 2.78. The zero-order valence-electron chi connectivity index (χ0n) is 24.4. The maximum atomic E-state index is 6.83. The lowest BCUT2D eigenvalue weighted by Gasteiger charge is -2.40. The van der Waals surface area contributed by atoms with Crippen molar-refractivity contribution >= 4 is 32.3 Å². The number of ether oxygens (including phenoxy) is 4. The maximum absolute atomic E-state index is 6.83. The van der Waals surface area contributed by atoms with Crippen molar-refractivity contribution in [3.05, 3.63) is 40.9 Å². The van der Waals surface area contributed by atoms with E-state index in [1.165, 1.54) is 0 Å². The van der Waals surface area contributed by atoms with E-state index in [4.69, 9.17) is 23.4 Å². The van der Waals surface area contributed by atoms with Crippen molar-refractivity contribution in [1.82, 2.24) is 0 Å².